The van der Waals surface area contributed by atoms with Gasteiger partial charge >= 0.3 is 5.97 Å². The third kappa shape index (κ3) is 5.04. The Morgan fingerprint density at radius 1 is 1.41 bits per heavy atom. The number of hydrogen-bond acceptors (Lipinski definition) is 3. The summed E-state index contributed by atoms with van der Waals surface area (Å²) in [5, 5.41) is 8.97. The Bertz CT molecular complexity index is 236. The van der Waals surface area contributed by atoms with Crippen molar-refractivity contribution in [2.24, 2.45) is 5.92 Å². The smallest absolute Gasteiger partial charge is 0.317 e. The van der Waals surface area contributed by atoms with Gasteiger partial charge in [-0.1, -0.05) is 20.8 Å². The molecule has 1 fully saturated rings. The van der Waals surface area contributed by atoms with E-state index in [-0.39, 0.29) is 6.54 Å². The number of carbonyl (C=O) groups is 1. The number of piperidine rings is 1. The summed E-state index contributed by atoms with van der Waals surface area (Å²) in [7, 11) is 0. The van der Waals surface area contributed by atoms with E-state index in [0.717, 1.165) is 39.0 Å². The first-order valence-corrected chi connectivity index (χ1v) is 6.71. The zero-order chi connectivity index (χ0) is 12.8. The first-order valence-electron chi connectivity index (χ1n) is 6.71. The van der Waals surface area contributed by atoms with Crippen molar-refractivity contribution in [2.45, 2.75) is 39.7 Å². The summed E-state index contributed by atoms with van der Waals surface area (Å²) in [6, 6.07) is 0.455. The van der Waals surface area contributed by atoms with Crippen molar-refractivity contribution in [1.29, 1.82) is 0 Å². The number of rotatable bonds is 6. The van der Waals surface area contributed by atoms with E-state index in [2.05, 4.69) is 30.6 Å². The van der Waals surface area contributed by atoms with Crippen molar-refractivity contribution in [2.75, 3.05) is 32.7 Å². The summed E-state index contributed by atoms with van der Waals surface area (Å²) in [6.07, 6.45) is 2.21. The summed E-state index contributed by atoms with van der Waals surface area (Å²) in [5.74, 6) is -0.179. The van der Waals surface area contributed by atoms with Crippen molar-refractivity contribution in [3.8, 4) is 0 Å². The molecule has 1 aliphatic rings. The van der Waals surface area contributed by atoms with E-state index in [1.165, 1.54) is 0 Å². The van der Waals surface area contributed by atoms with Crippen molar-refractivity contribution < 1.29 is 9.90 Å². The molecule has 0 radical (unpaired) electrons. The van der Waals surface area contributed by atoms with Gasteiger partial charge in [0.25, 0.3) is 0 Å². The van der Waals surface area contributed by atoms with Crippen LogP contribution in [-0.2, 0) is 4.79 Å². The minimum atomic E-state index is -0.705. The van der Waals surface area contributed by atoms with Crippen LogP contribution in [0.15, 0.2) is 0 Å². The summed E-state index contributed by atoms with van der Waals surface area (Å²) in [6.45, 7) is 10.9. The van der Waals surface area contributed by atoms with Crippen LogP contribution in [0.25, 0.3) is 0 Å². The fraction of sp³-hybridized carbons (Fsp3) is 0.923. The predicted octanol–water partition coefficient (Wildman–Crippen LogP) is 1.51. The fourth-order valence-corrected chi connectivity index (χ4v) is 2.59. The van der Waals surface area contributed by atoms with E-state index in [1.54, 1.807) is 0 Å². The van der Waals surface area contributed by atoms with Crippen molar-refractivity contribution in [3.63, 3.8) is 0 Å². The molecule has 0 saturated carbocycles. The zero-order valence-corrected chi connectivity index (χ0v) is 11.4. The predicted molar refractivity (Wildman–Crippen MR) is 69.2 cm³/mol. The van der Waals surface area contributed by atoms with Crippen molar-refractivity contribution in [1.82, 2.24) is 9.80 Å². The third-order valence-electron chi connectivity index (χ3n) is 3.46. The maximum Gasteiger partial charge on any atom is 0.317 e. The average Bonchev–Trinajstić information content (AvgIpc) is 2.27. The van der Waals surface area contributed by atoms with Crippen LogP contribution in [0.2, 0.25) is 0 Å². The minimum Gasteiger partial charge on any atom is -0.480 e. The Morgan fingerprint density at radius 2 is 2.00 bits per heavy atom. The van der Waals surface area contributed by atoms with Gasteiger partial charge in [-0.15, -0.1) is 0 Å². The van der Waals surface area contributed by atoms with Gasteiger partial charge in [-0.05, 0) is 38.4 Å². The lowest BCUT2D eigenvalue weighted by Crippen LogP contribution is -2.47. The average molecular weight is 242 g/mol. The molecule has 4 heteroatoms. The summed E-state index contributed by atoms with van der Waals surface area (Å²) < 4.78 is 0. The van der Waals surface area contributed by atoms with Gasteiger partial charge in [0.1, 0.15) is 0 Å². The summed E-state index contributed by atoms with van der Waals surface area (Å²) in [4.78, 5) is 15.5. The van der Waals surface area contributed by atoms with Crippen LogP contribution in [0.1, 0.15) is 33.6 Å². The summed E-state index contributed by atoms with van der Waals surface area (Å²) >= 11 is 0. The first-order chi connectivity index (χ1) is 8.02. The molecule has 0 aromatic carbocycles. The van der Waals surface area contributed by atoms with Crippen molar-refractivity contribution in [3.05, 3.63) is 0 Å². The molecule has 17 heavy (non-hydrogen) atoms. The van der Waals surface area contributed by atoms with Crippen molar-refractivity contribution >= 4 is 5.97 Å². The monoisotopic (exact) mass is 242 g/mol. The van der Waals surface area contributed by atoms with Gasteiger partial charge in [0.2, 0.25) is 0 Å². The molecule has 0 aromatic heterocycles. The molecule has 0 atom stereocenters. The van der Waals surface area contributed by atoms with Crippen LogP contribution in [0, 0.1) is 5.92 Å². The van der Waals surface area contributed by atoms with Crippen LogP contribution in [0.5, 0.6) is 0 Å². The molecule has 100 valence electrons. The van der Waals surface area contributed by atoms with Crippen LogP contribution in [0.4, 0.5) is 0 Å². The number of nitrogens with zero attached hydrogens (tertiary/aromatic N) is 2. The minimum absolute atomic E-state index is 0.189. The Hall–Kier alpha value is -0.610. The Kier molecular flexibility index (Phi) is 5.92. The highest BCUT2D eigenvalue weighted by Crippen LogP contribution is 2.17. The molecule has 4 nitrogen and oxygen atoms in total. The molecule has 0 bridgehead atoms. The molecule has 1 N–H and O–H groups in total. The largest absolute Gasteiger partial charge is 0.480 e. The third-order valence-corrected chi connectivity index (χ3v) is 3.46. The Labute approximate surface area is 105 Å². The fourth-order valence-electron chi connectivity index (χ4n) is 2.59. The number of hydrogen-bond donors (Lipinski definition) is 1. The van der Waals surface area contributed by atoms with Gasteiger partial charge in [-0.3, -0.25) is 9.69 Å². The van der Waals surface area contributed by atoms with Crippen LogP contribution in [-0.4, -0.2) is 59.6 Å². The molecule has 1 saturated heterocycles. The highest BCUT2D eigenvalue weighted by atomic mass is 16.4. The van der Waals surface area contributed by atoms with Crippen LogP contribution in [0.3, 0.4) is 0 Å². The highest BCUT2D eigenvalue weighted by Gasteiger charge is 2.25. The van der Waals surface area contributed by atoms with Crippen LogP contribution < -0.4 is 0 Å². The second kappa shape index (κ2) is 6.97. The van der Waals surface area contributed by atoms with E-state index >= 15 is 0 Å². The highest BCUT2D eigenvalue weighted by molar-refractivity contribution is 5.69. The maximum atomic E-state index is 10.9. The second-order valence-electron chi connectivity index (χ2n) is 5.38. The molecule has 0 aromatic rings. The lowest BCUT2D eigenvalue weighted by atomic mass is 10.0. The molecule has 1 heterocycles. The molecule has 0 spiro atoms. The number of carboxylic acid groups (broad SMARTS) is 1. The molecule has 1 aliphatic heterocycles. The van der Waals surface area contributed by atoms with E-state index in [9.17, 15) is 4.79 Å². The Morgan fingerprint density at radius 3 is 2.41 bits per heavy atom. The zero-order valence-electron chi connectivity index (χ0n) is 11.4. The van der Waals surface area contributed by atoms with Gasteiger partial charge in [0.15, 0.2) is 0 Å². The maximum absolute atomic E-state index is 10.9. The number of likely N-dealkylation sites (tertiary alicyclic amines) is 1. The molecule has 0 amide bonds. The van der Waals surface area contributed by atoms with E-state index in [1.807, 2.05) is 0 Å². The SMILES string of the molecule is CCN1CCC(N(CC(=O)O)CC(C)C)CC1. The molecular formula is C13H26N2O2. The molecule has 0 unspecified atom stereocenters. The van der Waals surface area contributed by atoms with Gasteiger partial charge < -0.3 is 10.0 Å². The number of aliphatic carboxylic acids is 1. The van der Waals surface area contributed by atoms with E-state index in [4.69, 9.17) is 5.11 Å². The van der Waals surface area contributed by atoms with Gasteiger partial charge in [-0.25, -0.2) is 0 Å². The topological polar surface area (TPSA) is 43.8 Å². The molecule has 1 rings (SSSR count). The van der Waals surface area contributed by atoms with E-state index in [0.29, 0.717) is 12.0 Å². The van der Waals surface area contributed by atoms with E-state index < -0.39 is 5.97 Å². The van der Waals surface area contributed by atoms with Gasteiger partial charge in [0.05, 0.1) is 6.54 Å². The standard InChI is InChI=1S/C13H26N2O2/c1-4-14-7-5-12(6-8-14)15(9-11(2)3)10-13(16)17/h11-12H,4-10H2,1-3H3,(H,16,17). The normalized spacial score (nSPS) is 19.1. The van der Waals surface area contributed by atoms with Gasteiger partial charge in [0, 0.05) is 12.6 Å². The quantitative estimate of drug-likeness (QED) is 0.767. The lowest BCUT2D eigenvalue weighted by molar-refractivity contribution is -0.139. The lowest BCUT2D eigenvalue weighted by Gasteiger charge is -2.38. The second-order valence-corrected chi connectivity index (χ2v) is 5.38. The summed E-state index contributed by atoms with van der Waals surface area (Å²) in [5.41, 5.74) is 0. The van der Waals surface area contributed by atoms with Gasteiger partial charge in [-0.2, -0.15) is 0 Å². The van der Waals surface area contributed by atoms with Crippen LogP contribution >= 0.6 is 0 Å². The molecular weight excluding hydrogens is 216 g/mol. The molecule has 0 aliphatic carbocycles. The first kappa shape index (κ1) is 14.5. The Balaban J connectivity index is 2.49. The number of carboxylic acids is 1.